The molecule has 1 aliphatic rings. The van der Waals surface area contributed by atoms with Crippen molar-refractivity contribution in [1.29, 1.82) is 0 Å². The molecule has 8 nitrogen and oxygen atoms in total. The molecule has 0 aromatic carbocycles. The fourth-order valence-corrected chi connectivity index (χ4v) is 3.04. The number of hydrogen-bond donors (Lipinski definition) is 1. The minimum atomic E-state index is -0.882. The van der Waals surface area contributed by atoms with Gasteiger partial charge in [-0.3, -0.25) is 14.5 Å². The molecule has 1 saturated heterocycles. The Morgan fingerprint density at radius 3 is 2.67 bits per heavy atom. The van der Waals surface area contributed by atoms with Gasteiger partial charge in [0.05, 0.1) is 12.5 Å². The highest BCUT2D eigenvalue weighted by molar-refractivity contribution is 5.79. The third kappa shape index (κ3) is 4.53. The molecule has 1 amide bonds. The van der Waals surface area contributed by atoms with Crippen LogP contribution in [0.1, 0.15) is 38.4 Å². The van der Waals surface area contributed by atoms with Crippen molar-refractivity contribution in [3.8, 4) is 0 Å². The Hall–Kier alpha value is -1.96. The zero-order chi connectivity index (χ0) is 17.9. The lowest BCUT2D eigenvalue weighted by Crippen LogP contribution is -2.50. The molecule has 1 N–H and O–H groups in total. The molecule has 2 rings (SSSR count). The van der Waals surface area contributed by atoms with Crippen molar-refractivity contribution in [3.05, 3.63) is 11.7 Å². The van der Waals surface area contributed by atoms with Gasteiger partial charge in [-0.2, -0.15) is 4.98 Å². The Morgan fingerprint density at radius 2 is 2.08 bits per heavy atom. The van der Waals surface area contributed by atoms with Crippen LogP contribution in [0.3, 0.4) is 0 Å². The van der Waals surface area contributed by atoms with Crippen molar-refractivity contribution < 1.29 is 19.2 Å². The number of piperidine rings is 1. The van der Waals surface area contributed by atoms with Crippen LogP contribution in [0.15, 0.2) is 4.52 Å². The third-order valence-electron chi connectivity index (χ3n) is 4.20. The largest absolute Gasteiger partial charge is 0.480 e. The van der Waals surface area contributed by atoms with E-state index < -0.39 is 12.0 Å². The number of aromatic nitrogens is 2. The molecule has 1 aromatic heterocycles. The van der Waals surface area contributed by atoms with E-state index in [0.717, 1.165) is 0 Å². The van der Waals surface area contributed by atoms with Gasteiger partial charge in [-0.15, -0.1) is 0 Å². The minimum absolute atomic E-state index is 0.0230. The topological polar surface area (TPSA) is 99.8 Å². The number of aliphatic carboxylic acids is 1. The number of amides is 1. The zero-order valence-corrected chi connectivity index (χ0v) is 14.7. The van der Waals surface area contributed by atoms with E-state index in [1.807, 2.05) is 0 Å². The van der Waals surface area contributed by atoms with Crippen LogP contribution < -0.4 is 0 Å². The second-order valence-corrected chi connectivity index (χ2v) is 6.99. The normalized spacial score (nSPS) is 21.9. The molecule has 1 fully saturated rings. The SMILES string of the molecule is CC(C)Cc1noc(CN2CC(C(=O)N(C)C)CCC2C(=O)O)n1. The van der Waals surface area contributed by atoms with Gasteiger partial charge in [0.15, 0.2) is 5.82 Å². The molecule has 134 valence electrons. The van der Waals surface area contributed by atoms with E-state index in [2.05, 4.69) is 24.0 Å². The molecule has 1 aliphatic heterocycles. The minimum Gasteiger partial charge on any atom is -0.480 e. The van der Waals surface area contributed by atoms with Crippen LogP contribution in [0.2, 0.25) is 0 Å². The first kappa shape index (κ1) is 18.4. The Kier molecular flexibility index (Phi) is 5.93. The second kappa shape index (κ2) is 7.74. The van der Waals surface area contributed by atoms with E-state index in [9.17, 15) is 14.7 Å². The standard InChI is InChI=1S/C16H26N4O4/c1-10(2)7-13-17-14(24-18-13)9-20-8-11(15(21)19(3)4)5-6-12(20)16(22)23/h10-12H,5-9H2,1-4H3,(H,22,23). The highest BCUT2D eigenvalue weighted by Gasteiger charge is 2.37. The summed E-state index contributed by atoms with van der Waals surface area (Å²) in [6, 6.07) is -0.628. The fraction of sp³-hybridized carbons (Fsp3) is 0.750. The van der Waals surface area contributed by atoms with Crippen molar-refractivity contribution in [1.82, 2.24) is 19.9 Å². The summed E-state index contributed by atoms with van der Waals surface area (Å²) in [5.74, 6) is 0.384. The number of carbonyl (C=O) groups excluding carboxylic acids is 1. The molecular formula is C16H26N4O4. The molecule has 2 atom stereocenters. The van der Waals surface area contributed by atoms with Crippen LogP contribution in [-0.2, 0) is 22.6 Å². The number of carboxylic acid groups (broad SMARTS) is 1. The van der Waals surface area contributed by atoms with Crippen LogP contribution in [0.5, 0.6) is 0 Å². The second-order valence-electron chi connectivity index (χ2n) is 6.99. The van der Waals surface area contributed by atoms with Gasteiger partial charge in [0.2, 0.25) is 11.8 Å². The average molecular weight is 338 g/mol. The molecule has 0 saturated carbocycles. The smallest absolute Gasteiger partial charge is 0.320 e. The van der Waals surface area contributed by atoms with Crippen molar-refractivity contribution in [3.63, 3.8) is 0 Å². The first-order valence-corrected chi connectivity index (χ1v) is 8.27. The number of rotatable bonds is 6. The fourth-order valence-electron chi connectivity index (χ4n) is 3.04. The highest BCUT2D eigenvalue weighted by Crippen LogP contribution is 2.25. The molecule has 0 aliphatic carbocycles. The van der Waals surface area contributed by atoms with Gasteiger partial charge in [-0.05, 0) is 18.8 Å². The van der Waals surface area contributed by atoms with Gasteiger partial charge in [-0.1, -0.05) is 19.0 Å². The predicted molar refractivity (Wildman–Crippen MR) is 86.1 cm³/mol. The van der Waals surface area contributed by atoms with Crippen molar-refractivity contribution in [2.24, 2.45) is 11.8 Å². The van der Waals surface area contributed by atoms with Gasteiger partial charge >= 0.3 is 5.97 Å². The van der Waals surface area contributed by atoms with Gasteiger partial charge in [-0.25, -0.2) is 0 Å². The monoisotopic (exact) mass is 338 g/mol. The molecule has 24 heavy (non-hydrogen) atoms. The maximum Gasteiger partial charge on any atom is 0.320 e. The summed E-state index contributed by atoms with van der Waals surface area (Å²) in [5, 5.41) is 13.4. The average Bonchev–Trinajstić information content (AvgIpc) is 2.92. The van der Waals surface area contributed by atoms with E-state index in [-0.39, 0.29) is 18.4 Å². The number of carboxylic acids is 1. The molecule has 0 spiro atoms. The lowest BCUT2D eigenvalue weighted by molar-refractivity contribution is -0.149. The summed E-state index contributed by atoms with van der Waals surface area (Å²) in [7, 11) is 3.43. The number of likely N-dealkylation sites (tertiary alicyclic amines) is 1. The van der Waals surface area contributed by atoms with Crippen molar-refractivity contribution in [2.45, 2.75) is 45.7 Å². The quantitative estimate of drug-likeness (QED) is 0.826. The molecule has 1 aromatic rings. The Balaban J connectivity index is 2.09. The van der Waals surface area contributed by atoms with E-state index in [1.54, 1.807) is 23.9 Å². The van der Waals surface area contributed by atoms with E-state index in [4.69, 9.17) is 4.52 Å². The number of carbonyl (C=O) groups is 2. The van der Waals surface area contributed by atoms with Crippen LogP contribution >= 0.6 is 0 Å². The van der Waals surface area contributed by atoms with Crippen LogP contribution in [0.25, 0.3) is 0 Å². The molecule has 8 heteroatoms. The summed E-state index contributed by atoms with van der Waals surface area (Å²) < 4.78 is 5.25. The van der Waals surface area contributed by atoms with Crippen LogP contribution in [-0.4, -0.2) is 63.6 Å². The van der Waals surface area contributed by atoms with Gasteiger partial charge < -0.3 is 14.5 Å². The molecule has 2 unspecified atom stereocenters. The molecule has 2 heterocycles. The highest BCUT2D eigenvalue weighted by atomic mass is 16.5. The van der Waals surface area contributed by atoms with Crippen LogP contribution in [0.4, 0.5) is 0 Å². The summed E-state index contributed by atoms with van der Waals surface area (Å²) in [5.41, 5.74) is 0. The van der Waals surface area contributed by atoms with E-state index in [0.29, 0.717) is 43.4 Å². The Labute approximate surface area is 141 Å². The third-order valence-corrected chi connectivity index (χ3v) is 4.20. The number of hydrogen-bond acceptors (Lipinski definition) is 6. The van der Waals surface area contributed by atoms with E-state index >= 15 is 0 Å². The van der Waals surface area contributed by atoms with Gasteiger partial charge in [0, 0.05) is 27.1 Å². The van der Waals surface area contributed by atoms with Gasteiger partial charge in [0.25, 0.3) is 0 Å². The zero-order valence-electron chi connectivity index (χ0n) is 14.7. The predicted octanol–water partition coefficient (Wildman–Crippen LogP) is 1.02. The number of nitrogens with zero attached hydrogens (tertiary/aromatic N) is 4. The first-order chi connectivity index (χ1) is 11.3. The molecule has 0 bridgehead atoms. The Bertz CT molecular complexity index is 584. The maximum atomic E-state index is 12.2. The van der Waals surface area contributed by atoms with Crippen LogP contribution in [0, 0.1) is 11.8 Å². The van der Waals surface area contributed by atoms with Gasteiger partial charge in [0.1, 0.15) is 6.04 Å². The maximum absolute atomic E-state index is 12.2. The summed E-state index contributed by atoms with van der Waals surface area (Å²) in [4.78, 5) is 31.4. The lowest BCUT2D eigenvalue weighted by atomic mass is 9.91. The summed E-state index contributed by atoms with van der Waals surface area (Å²) >= 11 is 0. The Morgan fingerprint density at radius 1 is 1.38 bits per heavy atom. The lowest BCUT2D eigenvalue weighted by Gasteiger charge is -2.36. The summed E-state index contributed by atoms with van der Waals surface area (Å²) in [6.07, 6.45) is 1.73. The van der Waals surface area contributed by atoms with Crippen molar-refractivity contribution in [2.75, 3.05) is 20.6 Å². The first-order valence-electron chi connectivity index (χ1n) is 8.27. The molecule has 0 radical (unpaired) electrons. The van der Waals surface area contributed by atoms with Crippen molar-refractivity contribution >= 4 is 11.9 Å². The summed E-state index contributed by atoms with van der Waals surface area (Å²) in [6.45, 7) is 4.77. The van der Waals surface area contributed by atoms with E-state index in [1.165, 1.54) is 0 Å². The molecular weight excluding hydrogens is 312 g/mol.